The number of hydrogen-bond donors (Lipinski definition) is 1. The standard InChI is InChI=1S/C20H16ClF3N2O2S/c21-17-7-2-1-6-16(17)19-26-14(11-29-19)9-18(27)25-10-13-4-3-5-15(8-13)28-12-20(22,23)24/h1-8,11H,9-10,12H2,(H,25,27). The molecule has 0 unspecified atom stereocenters. The predicted molar refractivity (Wildman–Crippen MR) is 106 cm³/mol. The van der Waals surface area contributed by atoms with Gasteiger partial charge in [-0.2, -0.15) is 13.2 Å². The monoisotopic (exact) mass is 440 g/mol. The summed E-state index contributed by atoms with van der Waals surface area (Å²) in [6, 6.07) is 13.5. The molecule has 29 heavy (non-hydrogen) atoms. The zero-order valence-corrected chi connectivity index (χ0v) is 16.6. The highest BCUT2D eigenvalue weighted by atomic mass is 35.5. The van der Waals surface area contributed by atoms with Crippen LogP contribution in [0.5, 0.6) is 5.75 Å². The van der Waals surface area contributed by atoms with Crippen LogP contribution < -0.4 is 10.1 Å². The molecule has 1 amide bonds. The molecule has 3 rings (SSSR count). The molecule has 0 atom stereocenters. The van der Waals surface area contributed by atoms with Crippen LogP contribution in [0.4, 0.5) is 13.2 Å². The van der Waals surface area contributed by atoms with Gasteiger partial charge in [0.05, 0.1) is 17.1 Å². The maximum absolute atomic E-state index is 12.2. The van der Waals surface area contributed by atoms with E-state index in [-0.39, 0.29) is 24.6 Å². The van der Waals surface area contributed by atoms with Crippen LogP contribution in [-0.2, 0) is 17.8 Å². The molecule has 3 aromatic rings. The minimum atomic E-state index is -4.40. The average Bonchev–Trinajstić information content (AvgIpc) is 3.13. The van der Waals surface area contributed by atoms with Crippen molar-refractivity contribution in [1.29, 1.82) is 0 Å². The maximum atomic E-state index is 12.2. The normalized spacial score (nSPS) is 11.3. The lowest BCUT2D eigenvalue weighted by Gasteiger charge is -2.10. The summed E-state index contributed by atoms with van der Waals surface area (Å²) >= 11 is 7.56. The number of amides is 1. The Labute approximate surface area is 174 Å². The van der Waals surface area contributed by atoms with Gasteiger partial charge in [0, 0.05) is 17.5 Å². The third kappa shape index (κ3) is 6.47. The predicted octanol–water partition coefficient (Wildman–Crippen LogP) is 5.26. The van der Waals surface area contributed by atoms with Gasteiger partial charge in [0.15, 0.2) is 6.61 Å². The molecule has 9 heteroatoms. The van der Waals surface area contributed by atoms with Crippen LogP contribution in [-0.4, -0.2) is 23.7 Å². The highest BCUT2D eigenvalue weighted by molar-refractivity contribution is 7.13. The largest absolute Gasteiger partial charge is 0.484 e. The number of ether oxygens (including phenoxy) is 1. The number of nitrogens with zero attached hydrogens (tertiary/aromatic N) is 1. The molecule has 0 spiro atoms. The van der Waals surface area contributed by atoms with Gasteiger partial charge in [-0.05, 0) is 23.8 Å². The van der Waals surface area contributed by atoms with Crippen molar-refractivity contribution in [3.05, 3.63) is 70.2 Å². The number of aromatic nitrogens is 1. The summed E-state index contributed by atoms with van der Waals surface area (Å²) in [4.78, 5) is 16.6. The Morgan fingerprint density at radius 2 is 1.97 bits per heavy atom. The summed E-state index contributed by atoms with van der Waals surface area (Å²) in [5.41, 5.74) is 2.05. The Morgan fingerprint density at radius 3 is 2.72 bits per heavy atom. The lowest BCUT2D eigenvalue weighted by molar-refractivity contribution is -0.153. The molecule has 4 nitrogen and oxygen atoms in total. The topological polar surface area (TPSA) is 51.2 Å². The van der Waals surface area contributed by atoms with Gasteiger partial charge in [-0.1, -0.05) is 41.9 Å². The molecule has 0 fully saturated rings. The third-order valence-electron chi connectivity index (χ3n) is 3.79. The van der Waals surface area contributed by atoms with Gasteiger partial charge in [-0.25, -0.2) is 4.98 Å². The smallest absolute Gasteiger partial charge is 0.422 e. The molecule has 0 aliphatic rings. The van der Waals surface area contributed by atoms with Crippen molar-refractivity contribution in [2.75, 3.05) is 6.61 Å². The minimum Gasteiger partial charge on any atom is -0.484 e. The zero-order valence-electron chi connectivity index (χ0n) is 15.0. The Bertz CT molecular complexity index is 992. The summed E-state index contributed by atoms with van der Waals surface area (Å²) in [7, 11) is 0. The van der Waals surface area contributed by atoms with Gasteiger partial charge in [-0.3, -0.25) is 4.79 Å². The molecule has 1 N–H and O–H groups in total. The van der Waals surface area contributed by atoms with E-state index in [2.05, 4.69) is 10.3 Å². The second kappa shape index (κ2) is 9.28. The summed E-state index contributed by atoms with van der Waals surface area (Å²) in [6.45, 7) is -1.19. The van der Waals surface area contributed by atoms with Crippen molar-refractivity contribution in [3.63, 3.8) is 0 Å². The van der Waals surface area contributed by atoms with Crippen molar-refractivity contribution in [3.8, 4) is 16.3 Å². The number of hydrogen-bond acceptors (Lipinski definition) is 4. The van der Waals surface area contributed by atoms with Gasteiger partial charge in [-0.15, -0.1) is 11.3 Å². The van der Waals surface area contributed by atoms with Gasteiger partial charge >= 0.3 is 6.18 Å². The minimum absolute atomic E-state index is 0.0885. The van der Waals surface area contributed by atoms with E-state index in [4.69, 9.17) is 16.3 Å². The highest BCUT2D eigenvalue weighted by Gasteiger charge is 2.28. The first-order valence-electron chi connectivity index (χ1n) is 8.55. The van der Waals surface area contributed by atoms with Crippen LogP contribution >= 0.6 is 22.9 Å². The molecular formula is C20H16ClF3N2O2S. The number of thiazole rings is 1. The number of nitrogens with one attached hydrogen (secondary N) is 1. The molecular weight excluding hydrogens is 425 g/mol. The van der Waals surface area contributed by atoms with Crippen molar-refractivity contribution in [2.45, 2.75) is 19.1 Å². The van der Waals surface area contributed by atoms with E-state index >= 15 is 0 Å². The summed E-state index contributed by atoms with van der Waals surface area (Å²) in [5, 5.41) is 5.84. The Balaban J connectivity index is 1.54. The first-order chi connectivity index (χ1) is 13.8. The molecule has 0 saturated heterocycles. The van der Waals surface area contributed by atoms with Crippen LogP contribution in [0.25, 0.3) is 10.6 Å². The van der Waals surface area contributed by atoms with E-state index in [0.29, 0.717) is 16.3 Å². The first kappa shape index (κ1) is 21.1. The molecule has 1 aromatic heterocycles. The summed E-state index contributed by atoms with van der Waals surface area (Å²) in [6.07, 6.45) is -4.31. The van der Waals surface area contributed by atoms with Gasteiger partial charge in [0.2, 0.25) is 5.91 Å². The number of benzene rings is 2. The molecule has 0 radical (unpaired) electrons. The van der Waals surface area contributed by atoms with Crippen LogP contribution in [0.15, 0.2) is 53.9 Å². The fraction of sp³-hybridized carbons (Fsp3) is 0.200. The van der Waals surface area contributed by atoms with Crippen LogP contribution in [0, 0.1) is 0 Å². The average molecular weight is 441 g/mol. The van der Waals surface area contributed by atoms with Crippen molar-refractivity contribution in [2.24, 2.45) is 0 Å². The number of carbonyl (C=O) groups excluding carboxylic acids is 1. The van der Waals surface area contributed by atoms with Crippen LogP contribution in [0.1, 0.15) is 11.3 Å². The van der Waals surface area contributed by atoms with Crippen molar-refractivity contribution < 1.29 is 22.7 Å². The Hall–Kier alpha value is -2.58. The SMILES string of the molecule is O=C(Cc1csc(-c2ccccc2Cl)n1)NCc1cccc(OCC(F)(F)F)c1. The zero-order chi connectivity index (χ0) is 20.9. The van der Waals surface area contributed by atoms with Crippen LogP contribution in [0.3, 0.4) is 0 Å². The van der Waals surface area contributed by atoms with E-state index in [1.54, 1.807) is 23.6 Å². The molecule has 0 aliphatic heterocycles. The number of rotatable bonds is 7. The lowest BCUT2D eigenvalue weighted by Crippen LogP contribution is -2.24. The summed E-state index contributed by atoms with van der Waals surface area (Å²) in [5.74, 6) is -0.152. The fourth-order valence-corrected chi connectivity index (χ4v) is 3.62. The Kier molecular flexibility index (Phi) is 6.76. The number of halogens is 4. The van der Waals surface area contributed by atoms with Gasteiger partial charge in [0.25, 0.3) is 0 Å². The molecule has 0 aliphatic carbocycles. The van der Waals surface area contributed by atoms with Gasteiger partial charge < -0.3 is 10.1 Å². The van der Waals surface area contributed by atoms with Crippen LogP contribution in [0.2, 0.25) is 5.02 Å². The van der Waals surface area contributed by atoms with E-state index < -0.39 is 12.8 Å². The second-order valence-corrected chi connectivity index (χ2v) is 7.39. The summed E-state index contributed by atoms with van der Waals surface area (Å²) < 4.78 is 41.4. The van der Waals surface area contributed by atoms with E-state index in [9.17, 15) is 18.0 Å². The fourth-order valence-electron chi connectivity index (χ4n) is 2.48. The lowest BCUT2D eigenvalue weighted by atomic mass is 10.2. The Morgan fingerprint density at radius 1 is 1.17 bits per heavy atom. The molecule has 2 aromatic carbocycles. The van der Waals surface area contributed by atoms with Crippen molar-refractivity contribution in [1.82, 2.24) is 10.3 Å². The molecule has 1 heterocycles. The number of alkyl halides is 3. The highest BCUT2D eigenvalue weighted by Crippen LogP contribution is 2.30. The number of carbonyl (C=O) groups is 1. The second-order valence-electron chi connectivity index (χ2n) is 6.13. The van der Waals surface area contributed by atoms with Crippen molar-refractivity contribution >= 4 is 28.8 Å². The molecule has 0 bridgehead atoms. The maximum Gasteiger partial charge on any atom is 0.422 e. The third-order valence-corrected chi connectivity index (χ3v) is 5.04. The molecule has 0 saturated carbocycles. The quantitative estimate of drug-likeness (QED) is 0.545. The van der Waals surface area contributed by atoms with E-state index in [1.807, 2.05) is 18.2 Å². The van der Waals surface area contributed by atoms with E-state index in [0.717, 1.165) is 10.6 Å². The van der Waals surface area contributed by atoms with E-state index in [1.165, 1.54) is 23.5 Å². The van der Waals surface area contributed by atoms with Gasteiger partial charge in [0.1, 0.15) is 10.8 Å². The molecule has 152 valence electrons. The first-order valence-corrected chi connectivity index (χ1v) is 9.80.